The number of hydrogen-bond acceptors (Lipinski definition) is 2. The Bertz CT molecular complexity index is 689. The van der Waals surface area contributed by atoms with E-state index in [1.165, 1.54) is 5.19 Å². The molecule has 1 aromatic rings. The summed E-state index contributed by atoms with van der Waals surface area (Å²) in [5.74, 6) is 0.181. The summed E-state index contributed by atoms with van der Waals surface area (Å²) in [5, 5.41) is 13.2. The standard InChI is InChI=1S/C26H46O2Si2/c1-12-17-23(29(8,9)22-18-15-14-16-19-22)24(27)21(4)25(20(3)13-2)28-30(10,11)26(5,6)7/h12-21,23-25,27H,2H2,1,3-11H3/b17-12-/t20-,21-,23-,24+,25-/m0/s1. The first-order valence-electron chi connectivity index (χ1n) is 11.4. The molecule has 5 atom stereocenters. The van der Waals surface area contributed by atoms with Crippen LogP contribution in [0.5, 0.6) is 0 Å². The summed E-state index contributed by atoms with van der Waals surface area (Å²) in [6.07, 6.45) is 5.78. The first-order valence-corrected chi connectivity index (χ1v) is 17.4. The van der Waals surface area contributed by atoms with E-state index in [4.69, 9.17) is 4.43 Å². The molecule has 0 bridgehead atoms. The van der Waals surface area contributed by atoms with E-state index in [2.05, 4.69) is 117 Å². The molecule has 0 fully saturated rings. The Labute approximate surface area is 188 Å². The lowest BCUT2D eigenvalue weighted by Gasteiger charge is -2.45. The largest absolute Gasteiger partial charge is 0.413 e. The number of hydrogen-bond donors (Lipinski definition) is 1. The van der Waals surface area contributed by atoms with Gasteiger partial charge in [0.05, 0.1) is 20.3 Å². The van der Waals surface area contributed by atoms with E-state index in [-0.39, 0.29) is 28.5 Å². The molecule has 0 aliphatic carbocycles. The number of aliphatic hydroxyl groups is 1. The Kier molecular flexibility index (Phi) is 9.55. The van der Waals surface area contributed by atoms with Crippen LogP contribution < -0.4 is 5.19 Å². The Morgan fingerprint density at radius 2 is 1.57 bits per heavy atom. The molecule has 1 rings (SSSR count). The third kappa shape index (κ3) is 6.29. The molecule has 0 spiro atoms. The van der Waals surface area contributed by atoms with E-state index in [9.17, 15) is 5.11 Å². The van der Waals surface area contributed by atoms with Gasteiger partial charge in [-0.15, -0.1) is 6.58 Å². The lowest BCUT2D eigenvalue weighted by molar-refractivity contribution is 0.0122. The minimum atomic E-state index is -1.98. The fourth-order valence-electron chi connectivity index (χ4n) is 3.91. The van der Waals surface area contributed by atoms with E-state index in [1.54, 1.807) is 0 Å². The van der Waals surface area contributed by atoms with E-state index in [0.717, 1.165) is 0 Å². The second-order valence-corrected chi connectivity index (χ2v) is 20.4. The Morgan fingerprint density at radius 3 is 2.00 bits per heavy atom. The highest BCUT2D eigenvalue weighted by Crippen LogP contribution is 2.41. The molecule has 0 saturated heterocycles. The molecule has 0 aliphatic rings. The van der Waals surface area contributed by atoms with E-state index >= 15 is 0 Å². The van der Waals surface area contributed by atoms with Crippen molar-refractivity contribution in [3.05, 3.63) is 55.1 Å². The zero-order valence-corrected chi connectivity index (χ0v) is 23.1. The number of benzene rings is 1. The van der Waals surface area contributed by atoms with Gasteiger partial charge >= 0.3 is 0 Å². The van der Waals surface area contributed by atoms with Crippen LogP contribution in [0, 0.1) is 11.8 Å². The van der Waals surface area contributed by atoms with Gasteiger partial charge < -0.3 is 9.53 Å². The summed E-state index contributed by atoms with van der Waals surface area (Å²) in [7, 11) is -3.93. The van der Waals surface area contributed by atoms with Gasteiger partial charge in [0.1, 0.15) is 0 Å². The van der Waals surface area contributed by atoms with Gasteiger partial charge in [-0.1, -0.05) is 101 Å². The van der Waals surface area contributed by atoms with Crippen LogP contribution in [0.1, 0.15) is 41.5 Å². The van der Waals surface area contributed by atoms with Gasteiger partial charge in [-0.05, 0) is 31.0 Å². The predicted octanol–water partition coefficient (Wildman–Crippen LogP) is 6.76. The van der Waals surface area contributed by atoms with Crippen molar-refractivity contribution in [2.24, 2.45) is 11.8 Å². The summed E-state index contributed by atoms with van der Waals surface area (Å²) in [4.78, 5) is 0. The Hall–Kier alpha value is -0.946. The minimum absolute atomic E-state index is 0.00353. The molecule has 0 heterocycles. The topological polar surface area (TPSA) is 29.5 Å². The molecule has 1 N–H and O–H groups in total. The van der Waals surface area contributed by atoms with Crippen LogP contribution in [0.3, 0.4) is 0 Å². The average molecular weight is 447 g/mol. The SMILES string of the molecule is C=C[C@H](C)[C@H](O[Si](C)(C)C(C)(C)C)[C@@H](C)[C@@H](O)[C@H](/C=C\C)[Si](C)(C)c1ccccc1. The summed E-state index contributed by atoms with van der Waals surface area (Å²) in [6.45, 7) is 26.5. The van der Waals surface area contributed by atoms with E-state index in [1.807, 2.05) is 6.08 Å². The molecule has 0 amide bonds. The highest BCUT2D eigenvalue weighted by Gasteiger charge is 2.45. The van der Waals surface area contributed by atoms with Crippen LogP contribution in [-0.2, 0) is 4.43 Å². The first kappa shape index (κ1) is 27.1. The van der Waals surface area contributed by atoms with Crippen LogP contribution >= 0.6 is 0 Å². The maximum atomic E-state index is 11.7. The normalized spacial score (nSPS) is 18.6. The Balaban J connectivity index is 3.32. The van der Waals surface area contributed by atoms with Crippen molar-refractivity contribution in [1.29, 1.82) is 0 Å². The van der Waals surface area contributed by atoms with Gasteiger partial charge in [-0.25, -0.2) is 0 Å². The maximum Gasteiger partial charge on any atom is 0.192 e. The summed E-state index contributed by atoms with van der Waals surface area (Å²) in [5.41, 5.74) is 0.113. The van der Waals surface area contributed by atoms with Crippen molar-refractivity contribution < 1.29 is 9.53 Å². The molecule has 0 unspecified atom stereocenters. The second kappa shape index (κ2) is 10.6. The van der Waals surface area contributed by atoms with Crippen LogP contribution in [0.2, 0.25) is 36.8 Å². The van der Waals surface area contributed by atoms with Crippen molar-refractivity contribution in [2.75, 3.05) is 0 Å². The maximum absolute atomic E-state index is 11.7. The highest BCUT2D eigenvalue weighted by atomic mass is 28.4. The van der Waals surface area contributed by atoms with Crippen LogP contribution in [-0.4, -0.2) is 33.7 Å². The van der Waals surface area contributed by atoms with Gasteiger partial charge in [0.15, 0.2) is 8.32 Å². The van der Waals surface area contributed by atoms with Gasteiger partial charge in [0, 0.05) is 11.5 Å². The quantitative estimate of drug-likeness (QED) is 0.318. The smallest absolute Gasteiger partial charge is 0.192 e. The minimum Gasteiger partial charge on any atom is -0.413 e. The molecule has 30 heavy (non-hydrogen) atoms. The third-order valence-corrected chi connectivity index (χ3v) is 15.8. The van der Waals surface area contributed by atoms with Crippen LogP contribution in [0.15, 0.2) is 55.1 Å². The van der Waals surface area contributed by atoms with Crippen LogP contribution in [0.4, 0.5) is 0 Å². The van der Waals surface area contributed by atoms with E-state index in [0.29, 0.717) is 0 Å². The monoisotopic (exact) mass is 446 g/mol. The van der Waals surface area contributed by atoms with Crippen molar-refractivity contribution in [3.8, 4) is 0 Å². The van der Waals surface area contributed by atoms with Gasteiger partial charge in [0.2, 0.25) is 0 Å². The van der Waals surface area contributed by atoms with Crippen molar-refractivity contribution >= 4 is 21.6 Å². The molecular weight excluding hydrogens is 400 g/mol. The van der Waals surface area contributed by atoms with Gasteiger partial charge in [-0.3, -0.25) is 0 Å². The van der Waals surface area contributed by atoms with Crippen molar-refractivity contribution in [2.45, 2.75) is 90.5 Å². The van der Waals surface area contributed by atoms with Crippen molar-refractivity contribution in [1.82, 2.24) is 0 Å². The zero-order chi connectivity index (χ0) is 23.3. The molecular formula is C26H46O2Si2. The molecule has 1 aromatic carbocycles. The Morgan fingerprint density at radius 1 is 1.03 bits per heavy atom. The molecule has 0 radical (unpaired) electrons. The number of rotatable bonds is 10. The van der Waals surface area contributed by atoms with Crippen molar-refractivity contribution in [3.63, 3.8) is 0 Å². The lowest BCUT2D eigenvalue weighted by atomic mass is 9.88. The third-order valence-electron chi connectivity index (χ3n) is 7.30. The van der Waals surface area contributed by atoms with Gasteiger partial charge in [-0.2, -0.15) is 0 Å². The zero-order valence-electron chi connectivity index (χ0n) is 21.1. The summed E-state index contributed by atoms with van der Waals surface area (Å²) in [6, 6.07) is 10.7. The predicted molar refractivity (Wildman–Crippen MR) is 139 cm³/mol. The van der Waals surface area contributed by atoms with Crippen LogP contribution in [0.25, 0.3) is 0 Å². The number of aliphatic hydroxyl groups excluding tert-OH is 1. The van der Waals surface area contributed by atoms with E-state index < -0.39 is 22.5 Å². The molecule has 0 saturated carbocycles. The molecule has 0 aromatic heterocycles. The molecule has 4 heteroatoms. The van der Waals surface area contributed by atoms with Gasteiger partial charge in [0.25, 0.3) is 0 Å². The fourth-order valence-corrected chi connectivity index (χ4v) is 8.65. The fraction of sp³-hybridized carbons (Fsp3) is 0.615. The first-order chi connectivity index (χ1) is 13.7. The molecule has 2 nitrogen and oxygen atoms in total. The summed E-state index contributed by atoms with van der Waals surface area (Å²) < 4.78 is 6.88. The molecule has 170 valence electrons. The number of allylic oxidation sites excluding steroid dienone is 1. The highest BCUT2D eigenvalue weighted by molar-refractivity contribution is 6.91. The molecule has 0 aliphatic heterocycles. The second-order valence-electron chi connectivity index (χ2n) is 10.9. The lowest BCUT2D eigenvalue weighted by Crippen LogP contribution is -2.54. The average Bonchev–Trinajstić information content (AvgIpc) is 2.68. The summed E-state index contributed by atoms with van der Waals surface area (Å²) >= 11 is 0.